The summed E-state index contributed by atoms with van der Waals surface area (Å²) in [6.45, 7) is 8.15. The number of alkyl halides is 3. The highest BCUT2D eigenvalue weighted by Gasteiger charge is 2.35. The molecule has 2 N–H and O–H groups in total. The molecule has 2 aromatic rings. The molecule has 33 heavy (non-hydrogen) atoms. The predicted octanol–water partition coefficient (Wildman–Crippen LogP) is 5.53. The molecule has 0 saturated heterocycles. The SMILES string of the molecule is C=C(NC)C(NC(CCc1ccc(C(F)(F)F)nc1)C1SC(C)=NC1C)c1ccc(F)cc1. The van der Waals surface area contributed by atoms with E-state index in [0.717, 1.165) is 27.9 Å². The summed E-state index contributed by atoms with van der Waals surface area (Å²) in [5, 5.41) is 7.89. The van der Waals surface area contributed by atoms with Gasteiger partial charge in [0.1, 0.15) is 11.5 Å². The van der Waals surface area contributed by atoms with Gasteiger partial charge < -0.3 is 10.6 Å². The number of rotatable bonds is 9. The quantitative estimate of drug-likeness (QED) is 0.464. The fraction of sp³-hybridized carbons (Fsp3) is 0.417. The molecule has 0 radical (unpaired) electrons. The molecule has 0 saturated carbocycles. The lowest BCUT2D eigenvalue weighted by molar-refractivity contribution is -0.141. The number of benzene rings is 1. The number of nitrogens with one attached hydrogen (secondary N) is 2. The van der Waals surface area contributed by atoms with Crippen molar-refractivity contribution in [2.45, 2.75) is 56.2 Å². The van der Waals surface area contributed by atoms with Crippen LogP contribution >= 0.6 is 11.8 Å². The van der Waals surface area contributed by atoms with Crippen LogP contribution in [-0.2, 0) is 12.6 Å². The molecule has 3 rings (SSSR count). The normalized spacial score (nSPS) is 20.3. The van der Waals surface area contributed by atoms with Crippen LogP contribution < -0.4 is 10.6 Å². The maximum absolute atomic E-state index is 13.5. The molecule has 0 aliphatic carbocycles. The predicted molar refractivity (Wildman–Crippen MR) is 126 cm³/mol. The van der Waals surface area contributed by atoms with Crippen molar-refractivity contribution in [2.75, 3.05) is 7.05 Å². The van der Waals surface area contributed by atoms with Crippen molar-refractivity contribution in [3.05, 3.63) is 77.5 Å². The van der Waals surface area contributed by atoms with E-state index in [-0.39, 0.29) is 29.2 Å². The second-order valence-corrected chi connectivity index (χ2v) is 9.46. The lowest BCUT2D eigenvalue weighted by Gasteiger charge is -2.32. The van der Waals surface area contributed by atoms with Crippen molar-refractivity contribution >= 4 is 16.8 Å². The van der Waals surface area contributed by atoms with E-state index in [4.69, 9.17) is 0 Å². The number of hydrogen-bond donors (Lipinski definition) is 2. The van der Waals surface area contributed by atoms with Gasteiger partial charge in [0.15, 0.2) is 0 Å². The van der Waals surface area contributed by atoms with E-state index in [9.17, 15) is 17.6 Å². The number of likely N-dealkylation sites (N-methyl/N-ethyl adjacent to an activating group) is 1. The number of halogens is 4. The fourth-order valence-corrected chi connectivity index (χ4v) is 5.18. The standard InChI is InChI=1S/C24H28F4N4S/c1-14(29-4)22(18-7-9-19(25)10-8-18)32-20(23-15(2)31-16(3)33-23)11-5-17-6-12-21(30-13-17)24(26,27)28/h6-10,12-13,15,20,22-23,29,32H,1,5,11H2,2-4H3. The Bertz CT molecular complexity index is 973. The molecule has 1 aromatic heterocycles. The van der Waals surface area contributed by atoms with Gasteiger partial charge in [-0.15, -0.1) is 11.8 Å². The summed E-state index contributed by atoms with van der Waals surface area (Å²) >= 11 is 1.69. The van der Waals surface area contributed by atoms with Gasteiger partial charge in [-0.1, -0.05) is 24.8 Å². The van der Waals surface area contributed by atoms with Gasteiger partial charge in [0.05, 0.1) is 17.1 Å². The summed E-state index contributed by atoms with van der Waals surface area (Å²) in [7, 11) is 1.78. The largest absolute Gasteiger partial charge is 0.433 e. The Labute approximate surface area is 196 Å². The van der Waals surface area contributed by atoms with E-state index < -0.39 is 11.9 Å². The van der Waals surface area contributed by atoms with Gasteiger partial charge in [-0.2, -0.15) is 13.2 Å². The molecule has 4 atom stereocenters. The monoisotopic (exact) mass is 480 g/mol. The molecule has 2 heterocycles. The van der Waals surface area contributed by atoms with Crippen LogP contribution in [0.4, 0.5) is 17.6 Å². The number of pyridine rings is 1. The summed E-state index contributed by atoms with van der Waals surface area (Å²) in [5.74, 6) is -0.317. The van der Waals surface area contributed by atoms with Crippen LogP contribution in [-0.4, -0.2) is 34.4 Å². The van der Waals surface area contributed by atoms with Crippen molar-refractivity contribution in [1.82, 2.24) is 15.6 Å². The molecular formula is C24H28F4N4S. The molecular weight excluding hydrogens is 452 g/mol. The zero-order valence-corrected chi connectivity index (χ0v) is 19.6. The van der Waals surface area contributed by atoms with Crippen LogP contribution in [0, 0.1) is 5.82 Å². The Morgan fingerprint density at radius 2 is 1.88 bits per heavy atom. The molecule has 9 heteroatoms. The van der Waals surface area contributed by atoms with Gasteiger partial charge in [0.25, 0.3) is 0 Å². The minimum atomic E-state index is -4.46. The third-order valence-corrected chi connectivity index (χ3v) is 7.12. The summed E-state index contributed by atoms with van der Waals surface area (Å²) in [6.07, 6.45) is -1.96. The molecule has 0 bridgehead atoms. The van der Waals surface area contributed by atoms with Gasteiger partial charge in [-0.05, 0) is 56.0 Å². The molecule has 4 unspecified atom stereocenters. The lowest BCUT2D eigenvalue weighted by atomic mass is 9.96. The van der Waals surface area contributed by atoms with E-state index in [2.05, 4.69) is 34.1 Å². The van der Waals surface area contributed by atoms with Gasteiger partial charge in [0, 0.05) is 30.2 Å². The number of aliphatic imine (C=N–C) groups is 1. The van der Waals surface area contributed by atoms with Crippen LogP contribution in [0.2, 0.25) is 0 Å². The lowest BCUT2D eigenvalue weighted by Crippen LogP contribution is -2.45. The number of thioether (sulfide) groups is 1. The zero-order chi connectivity index (χ0) is 24.2. The highest BCUT2D eigenvalue weighted by molar-refractivity contribution is 8.14. The number of nitrogens with zero attached hydrogens (tertiary/aromatic N) is 2. The first-order valence-electron chi connectivity index (χ1n) is 10.7. The summed E-state index contributed by atoms with van der Waals surface area (Å²) in [6, 6.07) is 8.53. The third kappa shape index (κ3) is 6.57. The van der Waals surface area contributed by atoms with Crippen LogP contribution in [0.25, 0.3) is 0 Å². The van der Waals surface area contributed by atoms with Crippen molar-refractivity contribution in [2.24, 2.45) is 4.99 Å². The number of aryl methyl sites for hydroxylation is 1. The van der Waals surface area contributed by atoms with Crippen molar-refractivity contribution < 1.29 is 17.6 Å². The smallest absolute Gasteiger partial charge is 0.390 e. The fourth-order valence-electron chi connectivity index (χ4n) is 3.92. The van der Waals surface area contributed by atoms with Crippen LogP contribution in [0.3, 0.4) is 0 Å². The Balaban J connectivity index is 1.81. The van der Waals surface area contributed by atoms with Crippen molar-refractivity contribution in [3.63, 3.8) is 0 Å². The maximum atomic E-state index is 13.5. The number of hydrogen-bond acceptors (Lipinski definition) is 5. The van der Waals surface area contributed by atoms with Crippen LogP contribution in [0.5, 0.6) is 0 Å². The van der Waals surface area contributed by atoms with Gasteiger partial charge in [-0.3, -0.25) is 9.98 Å². The summed E-state index contributed by atoms with van der Waals surface area (Å²) in [5.41, 5.74) is 1.43. The molecule has 0 amide bonds. The summed E-state index contributed by atoms with van der Waals surface area (Å²) in [4.78, 5) is 8.23. The first-order chi connectivity index (χ1) is 15.6. The van der Waals surface area contributed by atoms with E-state index >= 15 is 0 Å². The minimum Gasteiger partial charge on any atom is -0.390 e. The average Bonchev–Trinajstić information content (AvgIpc) is 3.11. The zero-order valence-electron chi connectivity index (χ0n) is 18.8. The van der Waals surface area contributed by atoms with Gasteiger partial charge in [0.2, 0.25) is 0 Å². The molecule has 1 aliphatic rings. The van der Waals surface area contributed by atoms with E-state index in [1.807, 2.05) is 6.92 Å². The van der Waals surface area contributed by atoms with E-state index in [0.29, 0.717) is 12.8 Å². The maximum Gasteiger partial charge on any atom is 0.433 e. The molecule has 178 valence electrons. The molecule has 1 aliphatic heterocycles. The molecule has 0 spiro atoms. The third-order valence-electron chi connectivity index (χ3n) is 5.68. The Kier molecular flexibility index (Phi) is 8.18. The number of aromatic nitrogens is 1. The topological polar surface area (TPSA) is 49.3 Å². The average molecular weight is 481 g/mol. The van der Waals surface area contributed by atoms with Gasteiger partial charge in [-0.25, -0.2) is 4.39 Å². The Hall–Kier alpha value is -2.39. The minimum absolute atomic E-state index is 0.0337. The Morgan fingerprint density at radius 3 is 2.39 bits per heavy atom. The Morgan fingerprint density at radius 1 is 1.18 bits per heavy atom. The van der Waals surface area contributed by atoms with Crippen LogP contribution in [0.15, 0.2) is 59.9 Å². The van der Waals surface area contributed by atoms with E-state index in [1.54, 1.807) is 30.9 Å². The molecule has 1 aromatic carbocycles. The van der Waals surface area contributed by atoms with Crippen molar-refractivity contribution in [1.29, 1.82) is 0 Å². The summed E-state index contributed by atoms with van der Waals surface area (Å²) < 4.78 is 52.0. The first kappa shape index (κ1) is 25.2. The van der Waals surface area contributed by atoms with Gasteiger partial charge >= 0.3 is 6.18 Å². The molecule has 4 nitrogen and oxygen atoms in total. The van der Waals surface area contributed by atoms with Crippen molar-refractivity contribution in [3.8, 4) is 0 Å². The second-order valence-electron chi connectivity index (χ2n) is 8.09. The highest BCUT2D eigenvalue weighted by Crippen LogP contribution is 2.33. The molecule has 0 fully saturated rings. The van der Waals surface area contributed by atoms with Crippen LogP contribution in [0.1, 0.15) is 43.1 Å². The highest BCUT2D eigenvalue weighted by atomic mass is 32.2. The first-order valence-corrected chi connectivity index (χ1v) is 11.6. The second kappa shape index (κ2) is 10.7. The van der Waals surface area contributed by atoms with E-state index in [1.165, 1.54) is 24.4 Å².